The Morgan fingerprint density at radius 1 is 0.926 bits per heavy atom. The lowest BCUT2D eigenvalue weighted by atomic mass is 10.2. The third kappa shape index (κ3) is 5.78. The number of anilines is 2. The molecule has 0 aliphatic heterocycles. The maximum absolute atomic E-state index is 12.3. The van der Waals surface area contributed by atoms with Crippen LogP contribution in [0.4, 0.5) is 11.4 Å². The molecule has 0 fully saturated rings. The lowest BCUT2D eigenvalue weighted by Crippen LogP contribution is -2.20. The number of rotatable bonds is 6. The Labute approximate surface area is 170 Å². The van der Waals surface area contributed by atoms with Gasteiger partial charge in [-0.25, -0.2) is 0 Å². The normalized spacial score (nSPS) is 10.1. The summed E-state index contributed by atoms with van der Waals surface area (Å²) in [6.45, 7) is -0.117. The Kier molecular flexibility index (Phi) is 6.37. The summed E-state index contributed by atoms with van der Waals surface area (Å²) in [5.41, 5.74) is 1.60. The Hall–Kier alpha value is -2.94. The lowest BCUT2D eigenvalue weighted by molar-refractivity contribution is -0.118. The van der Waals surface area contributed by atoms with Gasteiger partial charge in [-0.05, 0) is 77.2 Å². The number of nitrogens with zero attached hydrogens (tertiary/aromatic N) is 1. The third-order valence-corrected chi connectivity index (χ3v) is 4.25. The smallest absolute Gasteiger partial charge is 0.262 e. The Morgan fingerprint density at radius 2 is 1.67 bits per heavy atom. The van der Waals surface area contributed by atoms with Crippen molar-refractivity contribution in [3.8, 4) is 5.75 Å². The van der Waals surface area contributed by atoms with Gasteiger partial charge in [0.25, 0.3) is 11.8 Å². The maximum atomic E-state index is 12.3. The van der Waals surface area contributed by atoms with Gasteiger partial charge < -0.3 is 15.4 Å². The van der Waals surface area contributed by atoms with Crippen molar-refractivity contribution in [2.24, 2.45) is 0 Å². The number of ether oxygens (including phenoxy) is 1. The van der Waals surface area contributed by atoms with Crippen molar-refractivity contribution < 1.29 is 14.3 Å². The van der Waals surface area contributed by atoms with E-state index in [0.717, 1.165) is 3.57 Å². The molecule has 0 unspecified atom stereocenters. The summed E-state index contributed by atoms with van der Waals surface area (Å²) in [6.07, 6.45) is 3.19. The first-order valence-corrected chi connectivity index (χ1v) is 9.18. The maximum Gasteiger partial charge on any atom is 0.262 e. The zero-order valence-electron chi connectivity index (χ0n) is 14.2. The minimum Gasteiger partial charge on any atom is -0.484 e. The molecule has 2 aromatic carbocycles. The van der Waals surface area contributed by atoms with Gasteiger partial charge in [0.2, 0.25) is 0 Å². The van der Waals surface area contributed by atoms with Gasteiger partial charge in [-0.3, -0.25) is 14.6 Å². The second kappa shape index (κ2) is 9.13. The van der Waals surface area contributed by atoms with Crippen LogP contribution in [-0.4, -0.2) is 23.4 Å². The van der Waals surface area contributed by atoms with Gasteiger partial charge in [-0.1, -0.05) is 6.07 Å². The zero-order chi connectivity index (χ0) is 19.1. The van der Waals surface area contributed by atoms with Crippen LogP contribution in [0, 0.1) is 3.57 Å². The van der Waals surface area contributed by atoms with Gasteiger partial charge in [-0.15, -0.1) is 0 Å². The molecule has 1 heterocycles. The molecular formula is C20H16IN3O3. The van der Waals surface area contributed by atoms with Gasteiger partial charge >= 0.3 is 0 Å². The van der Waals surface area contributed by atoms with Crippen LogP contribution in [0.5, 0.6) is 5.75 Å². The van der Waals surface area contributed by atoms with Crippen LogP contribution < -0.4 is 15.4 Å². The molecule has 136 valence electrons. The number of halogens is 1. The number of benzene rings is 2. The SMILES string of the molecule is O=C(COc1ccc(I)cc1)Nc1cccc(C(=O)Nc2ccncc2)c1. The molecule has 27 heavy (non-hydrogen) atoms. The molecule has 1 aromatic heterocycles. The molecule has 2 N–H and O–H groups in total. The van der Waals surface area contributed by atoms with Crippen molar-refractivity contribution in [1.82, 2.24) is 4.98 Å². The van der Waals surface area contributed by atoms with Gasteiger partial charge in [0.15, 0.2) is 6.61 Å². The number of carbonyl (C=O) groups excluding carboxylic acids is 2. The highest BCUT2D eigenvalue weighted by molar-refractivity contribution is 14.1. The first-order valence-electron chi connectivity index (χ1n) is 8.10. The number of carbonyl (C=O) groups is 2. The van der Waals surface area contributed by atoms with Gasteiger partial charge in [0, 0.05) is 32.9 Å². The van der Waals surface area contributed by atoms with Crippen LogP contribution >= 0.6 is 22.6 Å². The second-order valence-corrected chi connectivity index (χ2v) is 6.81. The van der Waals surface area contributed by atoms with Crippen molar-refractivity contribution >= 4 is 45.8 Å². The molecule has 3 aromatic rings. The minimum absolute atomic E-state index is 0.117. The summed E-state index contributed by atoms with van der Waals surface area (Å²) >= 11 is 2.20. The average Bonchev–Trinajstić information content (AvgIpc) is 2.68. The molecule has 0 aliphatic rings. The van der Waals surface area contributed by atoms with Crippen molar-refractivity contribution in [3.63, 3.8) is 0 Å². The number of hydrogen-bond acceptors (Lipinski definition) is 4. The summed E-state index contributed by atoms with van der Waals surface area (Å²) in [5.74, 6) is 0.0451. The topological polar surface area (TPSA) is 80.3 Å². The van der Waals surface area contributed by atoms with E-state index in [1.54, 1.807) is 60.9 Å². The summed E-state index contributed by atoms with van der Waals surface area (Å²) in [5, 5.41) is 5.50. The highest BCUT2D eigenvalue weighted by Gasteiger charge is 2.09. The molecular weight excluding hydrogens is 457 g/mol. The average molecular weight is 473 g/mol. The van der Waals surface area contributed by atoms with E-state index in [9.17, 15) is 9.59 Å². The van der Waals surface area contributed by atoms with E-state index in [1.807, 2.05) is 12.1 Å². The van der Waals surface area contributed by atoms with Crippen LogP contribution in [-0.2, 0) is 4.79 Å². The molecule has 0 aliphatic carbocycles. The van der Waals surface area contributed by atoms with E-state index in [-0.39, 0.29) is 18.4 Å². The molecule has 6 nitrogen and oxygen atoms in total. The molecule has 0 spiro atoms. The van der Waals surface area contributed by atoms with Crippen molar-refractivity contribution in [3.05, 3.63) is 82.2 Å². The zero-order valence-corrected chi connectivity index (χ0v) is 16.3. The van der Waals surface area contributed by atoms with Gasteiger partial charge in [-0.2, -0.15) is 0 Å². The summed E-state index contributed by atoms with van der Waals surface area (Å²) in [4.78, 5) is 28.3. The lowest BCUT2D eigenvalue weighted by Gasteiger charge is -2.09. The van der Waals surface area contributed by atoms with E-state index in [0.29, 0.717) is 22.7 Å². The first-order chi connectivity index (χ1) is 13.1. The minimum atomic E-state index is -0.305. The highest BCUT2D eigenvalue weighted by Crippen LogP contribution is 2.15. The van der Waals surface area contributed by atoms with Crippen molar-refractivity contribution in [2.45, 2.75) is 0 Å². The second-order valence-electron chi connectivity index (χ2n) is 5.56. The first kappa shape index (κ1) is 18.8. The monoisotopic (exact) mass is 473 g/mol. The van der Waals surface area contributed by atoms with E-state index < -0.39 is 0 Å². The molecule has 0 saturated heterocycles. The molecule has 2 amide bonds. The largest absolute Gasteiger partial charge is 0.484 e. The molecule has 3 rings (SSSR count). The van der Waals surface area contributed by atoms with Crippen molar-refractivity contribution in [1.29, 1.82) is 0 Å². The van der Waals surface area contributed by atoms with E-state index in [4.69, 9.17) is 4.74 Å². The summed E-state index contributed by atoms with van der Waals surface area (Å²) in [6, 6.07) is 17.5. The molecule has 0 radical (unpaired) electrons. The van der Waals surface area contributed by atoms with Crippen molar-refractivity contribution in [2.75, 3.05) is 17.2 Å². The Morgan fingerprint density at radius 3 is 2.41 bits per heavy atom. The number of aromatic nitrogens is 1. The van der Waals surface area contributed by atoms with Crippen LogP contribution in [0.15, 0.2) is 73.1 Å². The third-order valence-electron chi connectivity index (χ3n) is 3.53. The molecule has 0 saturated carbocycles. The van der Waals surface area contributed by atoms with E-state index in [2.05, 4.69) is 38.2 Å². The van der Waals surface area contributed by atoms with E-state index >= 15 is 0 Å². The summed E-state index contributed by atoms with van der Waals surface area (Å²) < 4.78 is 6.54. The number of pyridine rings is 1. The standard InChI is InChI=1S/C20H16IN3O3/c21-15-4-6-18(7-5-15)27-13-19(25)23-17-3-1-2-14(12-17)20(26)24-16-8-10-22-11-9-16/h1-12H,13H2,(H,23,25)(H,22,24,26). The fraction of sp³-hybridized carbons (Fsp3) is 0.0500. The highest BCUT2D eigenvalue weighted by atomic mass is 127. The Balaban J connectivity index is 1.57. The van der Waals surface area contributed by atoms with Crippen LogP contribution in [0.3, 0.4) is 0 Å². The van der Waals surface area contributed by atoms with Crippen LogP contribution in [0.2, 0.25) is 0 Å². The fourth-order valence-electron chi connectivity index (χ4n) is 2.25. The van der Waals surface area contributed by atoms with Crippen LogP contribution in [0.25, 0.3) is 0 Å². The predicted octanol–water partition coefficient (Wildman–Crippen LogP) is 3.96. The number of hydrogen-bond donors (Lipinski definition) is 2. The fourth-order valence-corrected chi connectivity index (χ4v) is 2.61. The summed E-state index contributed by atoms with van der Waals surface area (Å²) in [7, 11) is 0. The van der Waals surface area contributed by atoms with E-state index in [1.165, 1.54) is 0 Å². The van der Waals surface area contributed by atoms with Gasteiger partial charge in [0.05, 0.1) is 0 Å². The predicted molar refractivity (Wildman–Crippen MR) is 112 cm³/mol. The van der Waals surface area contributed by atoms with Crippen LogP contribution in [0.1, 0.15) is 10.4 Å². The van der Waals surface area contributed by atoms with Gasteiger partial charge in [0.1, 0.15) is 5.75 Å². The molecule has 0 bridgehead atoms. The number of nitrogens with one attached hydrogen (secondary N) is 2. The molecule has 0 atom stereocenters. The quantitative estimate of drug-likeness (QED) is 0.532. The number of amides is 2. The molecule has 7 heteroatoms. The Bertz CT molecular complexity index is 931.